The van der Waals surface area contributed by atoms with Crippen LogP contribution in [-0.4, -0.2) is 18.4 Å². The Morgan fingerprint density at radius 3 is 2.85 bits per heavy atom. The van der Waals surface area contributed by atoms with Crippen molar-refractivity contribution < 1.29 is 14.3 Å². The average molecular weight is 390 g/mol. The van der Waals surface area contributed by atoms with Gasteiger partial charge >= 0.3 is 0 Å². The maximum Gasteiger partial charge on any atom is 0.224 e. The van der Waals surface area contributed by atoms with Gasteiger partial charge in [0.25, 0.3) is 0 Å². The molecule has 3 rings (SSSR count). The Morgan fingerprint density at radius 1 is 1.22 bits per heavy atom. The SMILES string of the molecule is Cc1ccc(N)cc1NC(=O)CCCOc1ccc2c(c1)CCC(=O)N2.Cl. The number of rotatable bonds is 6. The molecule has 0 spiro atoms. The number of benzene rings is 2. The molecule has 4 N–H and O–H groups in total. The summed E-state index contributed by atoms with van der Waals surface area (Å²) in [6, 6.07) is 11.1. The number of anilines is 3. The molecule has 0 atom stereocenters. The molecule has 6 nitrogen and oxygen atoms in total. The van der Waals surface area contributed by atoms with Crippen LogP contribution in [0.15, 0.2) is 36.4 Å². The van der Waals surface area contributed by atoms with E-state index in [0.717, 1.165) is 34.7 Å². The van der Waals surface area contributed by atoms with E-state index in [2.05, 4.69) is 10.6 Å². The van der Waals surface area contributed by atoms with Crippen LogP contribution in [0.25, 0.3) is 0 Å². The Hall–Kier alpha value is -2.73. The third kappa shape index (κ3) is 5.62. The third-order valence-electron chi connectivity index (χ3n) is 4.32. The number of halogens is 1. The Kier molecular flexibility index (Phi) is 7.07. The molecule has 0 fully saturated rings. The third-order valence-corrected chi connectivity index (χ3v) is 4.32. The smallest absolute Gasteiger partial charge is 0.224 e. The summed E-state index contributed by atoms with van der Waals surface area (Å²) in [6.45, 7) is 2.38. The average Bonchev–Trinajstić information content (AvgIpc) is 2.62. The number of nitrogen functional groups attached to an aromatic ring is 1. The van der Waals surface area contributed by atoms with E-state index < -0.39 is 0 Å². The van der Waals surface area contributed by atoms with Crippen LogP contribution < -0.4 is 21.1 Å². The fraction of sp³-hybridized carbons (Fsp3) is 0.300. The van der Waals surface area contributed by atoms with Crippen molar-refractivity contribution in [2.75, 3.05) is 23.0 Å². The number of amides is 2. The number of hydrogen-bond donors (Lipinski definition) is 3. The lowest BCUT2D eigenvalue weighted by atomic mass is 10.0. The van der Waals surface area contributed by atoms with E-state index >= 15 is 0 Å². The lowest BCUT2D eigenvalue weighted by Crippen LogP contribution is -2.18. The van der Waals surface area contributed by atoms with Gasteiger partial charge in [-0.2, -0.15) is 0 Å². The molecule has 2 aromatic rings. The normalized spacial score (nSPS) is 12.4. The maximum absolute atomic E-state index is 12.1. The number of aryl methyl sites for hydroxylation is 2. The van der Waals surface area contributed by atoms with E-state index in [-0.39, 0.29) is 24.2 Å². The van der Waals surface area contributed by atoms with Crippen LogP contribution in [0.2, 0.25) is 0 Å². The van der Waals surface area contributed by atoms with Crippen molar-refractivity contribution in [1.82, 2.24) is 0 Å². The first-order valence-corrected chi connectivity index (χ1v) is 8.73. The van der Waals surface area contributed by atoms with Crippen LogP contribution in [-0.2, 0) is 16.0 Å². The highest BCUT2D eigenvalue weighted by Gasteiger charge is 2.15. The van der Waals surface area contributed by atoms with Crippen molar-refractivity contribution in [3.8, 4) is 5.75 Å². The number of nitrogens with two attached hydrogens (primary N) is 1. The number of fused-ring (bicyclic) bond motifs is 1. The minimum atomic E-state index is -0.0598. The van der Waals surface area contributed by atoms with Crippen molar-refractivity contribution in [2.45, 2.75) is 32.6 Å². The highest BCUT2D eigenvalue weighted by Crippen LogP contribution is 2.27. The summed E-state index contributed by atoms with van der Waals surface area (Å²) in [5.41, 5.74) is 10.0. The number of hydrogen-bond acceptors (Lipinski definition) is 4. The van der Waals surface area contributed by atoms with Gasteiger partial charge in [-0.3, -0.25) is 9.59 Å². The fourth-order valence-electron chi connectivity index (χ4n) is 2.86. The lowest BCUT2D eigenvalue weighted by Gasteiger charge is -2.17. The monoisotopic (exact) mass is 389 g/mol. The Balaban J connectivity index is 0.00000261. The molecule has 0 bridgehead atoms. The summed E-state index contributed by atoms with van der Waals surface area (Å²) in [5, 5.41) is 5.72. The van der Waals surface area contributed by atoms with E-state index in [9.17, 15) is 9.59 Å². The Labute approximate surface area is 164 Å². The second-order valence-electron chi connectivity index (χ2n) is 6.44. The summed E-state index contributed by atoms with van der Waals surface area (Å²) in [6.07, 6.45) is 2.20. The van der Waals surface area contributed by atoms with E-state index in [1.807, 2.05) is 37.3 Å². The quantitative estimate of drug-likeness (QED) is 0.519. The van der Waals surface area contributed by atoms with Gasteiger partial charge in [-0.05, 0) is 61.2 Å². The zero-order valence-corrected chi connectivity index (χ0v) is 16.0. The molecule has 1 aliphatic rings. The van der Waals surface area contributed by atoms with Crippen LogP contribution >= 0.6 is 12.4 Å². The highest BCUT2D eigenvalue weighted by molar-refractivity contribution is 5.94. The van der Waals surface area contributed by atoms with Gasteiger partial charge in [-0.25, -0.2) is 0 Å². The molecule has 2 aromatic carbocycles. The molecular weight excluding hydrogens is 366 g/mol. The van der Waals surface area contributed by atoms with Crippen molar-refractivity contribution >= 4 is 41.3 Å². The molecule has 7 heteroatoms. The predicted molar refractivity (Wildman–Crippen MR) is 110 cm³/mol. The highest BCUT2D eigenvalue weighted by atomic mass is 35.5. The molecule has 0 unspecified atom stereocenters. The van der Waals surface area contributed by atoms with Crippen LogP contribution in [0.3, 0.4) is 0 Å². The van der Waals surface area contributed by atoms with Crippen molar-refractivity contribution in [3.63, 3.8) is 0 Å². The molecule has 0 aromatic heterocycles. The van der Waals surface area contributed by atoms with E-state index in [1.54, 1.807) is 6.07 Å². The lowest BCUT2D eigenvalue weighted by molar-refractivity contribution is -0.117. The molecule has 1 heterocycles. The molecule has 1 aliphatic heterocycles. The number of carbonyl (C=O) groups excluding carboxylic acids is 2. The molecule has 0 saturated heterocycles. The van der Waals surface area contributed by atoms with Gasteiger partial charge in [0.2, 0.25) is 11.8 Å². The summed E-state index contributed by atoms with van der Waals surface area (Å²) in [4.78, 5) is 23.4. The summed E-state index contributed by atoms with van der Waals surface area (Å²) in [7, 11) is 0. The van der Waals surface area contributed by atoms with Crippen LogP contribution in [0.1, 0.15) is 30.4 Å². The molecular formula is C20H24ClN3O3. The topological polar surface area (TPSA) is 93.4 Å². The van der Waals surface area contributed by atoms with Crippen molar-refractivity contribution in [2.24, 2.45) is 0 Å². The minimum absolute atomic E-state index is 0. The van der Waals surface area contributed by atoms with Gasteiger partial charge in [0, 0.05) is 29.9 Å². The number of ether oxygens (including phenoxy) is 1. The van der Waals surface area contributed by atoms with Crippen molar-refractivity contribution in [3.05, 3.63) is 47.5 Å². The van der Waals surface area contributed by atoms with Crippen molar-refractivity contribution in [1.29, 1.82) is 0 Å². The van der Waals surface area contributed by atoms with Gasteiger partial charge in [0.15, 0.2) is 0 Å². The molecule has 2 amide bonds. The van der Waals surface area contributed by atoms with Gasteiger partial charge in [0.05, 0.1) is 6.61 Å². The van der Waals surface area contributed by atoms with Crippen LogP contribution in [0.5, 0.6) is 5.75 Å². The number of carbonyl (C=O) groups is 2. The van der Waals surface area contributed by atoms with Gasteiger partial charge in [0.1, 0.15) is 5.75 Å². The molecule has 0 aliphatic carbocycles. The number of nitrogens with one attached hydrogen (secondary N) is 2. The molecule has 0 radical (unpaired) electrons. The first-order chi connectivity index (χ1) is 12.5. The summed E-state index contributed by atoms with van der Waals surface area (Å²) >= 11 is 0. The van der Waals surface area contributed by atoms with E-state index in [0.29, 0.717) is 31.6 Å². The predicted octanol–water partition coefficient (Wildman–Crippen LogP) is 3.68. The van der Waals surface area contributed by atoms with Gasteiger partial charge < -0.3 is 21.1 Å². The van der Waals surface area contributed by atoms with Crippen LogP contribution in [0, 0.1) is 6.92 Å². The Morgan fingerprint density at radius 2 is 2.04 bits per heavy atom. The minimum Gasteiger partial charge on any atom is -0.494 e. The zero-order valence-electron chi connectivity index (χ0n) is 15.2. The molecule has 144 valence electrons. The van der Waals surface area contributed by atoms with Gasteiger partial charge in [-0.15, -0.1) is 12.4 Å². The first kappa shape index (κ1) is 20.6. The second kappa shape index (κ2) is 9.28. The van der Waals surface area contributed by atoms with Crippen LogP contribution in [0.4, 0.5) is 17.1 Å². The molecule has 27 heavy (non-hydrogen) atoms. The largest absolute Gasteiger partial charge is 0.494 e. The maximum atomic E-state index is 12.1. The Bertz CT molecular complexity index is 839. The second-order valence-corrected chi connectivity index (χ2v) is 6.44. The molecule has 0 saturated carbocycles. The zero-order chi connectivity index (χ0) is 18.5. The van der Waals surface area contributed by atoms with E-state index in [1.165, 1.54) is 0 Å². The summed E-state index contributed by atoms with van der Waals surface area (Å²) in [5.74, 6) is 0.745. The summed E-state index contributed by atoms with van der Waals surface area (Å²) < 4.78 is 5.73. The standard InChI is InChI=1S/C20H23N3O3.ClH/c1-13-4-6-15(21)12-18(13)23-19(24)3-2-10-26-16-7-8-17-14(11-16)5-9-20(25)22-17;/h4,6-8,11-12H,2-3,5,9-10,21H2,1H3,(H,22,25)(H,23,24);1H. The fourth-order valence-corrected chi connectivity index (χ4v) is 2.86. The van der Waals surface area contributed by atoms with Gasteiger partial charge in [-0.1, -0.05) is 6.07 Å². The first-order valence-electron chi connectivity index (χ1n) is 8.73. The van der Waals surface area contributed by atoms with E-state index in [4.69, 9.17) is 10.5 Å².